The predicted molar refractivity (Wildman–Crippen MR) is 128 cm³/mol. The fourth-order valence-corrected chi connectivity index (χ4v) is 7.00. The summed E-state index contributed by atoms with van der Waals surface area (Å²) in [5.74, 6) is 3.12. The summed E-state index contributed by atoms with van der Waals surface area (Å²) in [6.45, 7) is 8.33. The minimum atomic E-state index is 0.507. The molecule has 0 unspecified atom stereocenters. The number of aromatic nitrogens is 5. The molecule has 0 bridgehead atoms. The highest BCUT2D eigenvalue weighted by Gasteiger charge is 2.48. The Kier molecular flexibility index (Phi) is 5.65. The van der Waals surface area contributed by atoms with E-state index in [1.54, 1.807) is 6.08 Å². The van der Waals surface area contributed by atoms with Crippen LogP contribution in [0.25, 0.3) is 6.08 Å². The summed E-state index contributed by atoms with van der Waals surface area (Å²) in [6, 6.07) is 1.35. The Hall–Kier alpha value is -1.99. The molecule has 7 heteroatoms. The maximum atomic E-state index is 5.66. The molecule has 6 rings (SSSR count). The molecule has 7 nitrogen and oxygen atoms in total. The average molecular weight is 451 g/mol. The van der Waals surface area contributed by atoms with Crippen molar-refractivity contribution in [3.63, 3.8) is 0 Å². The third-order valence-electron chi connectivity index (χ3n) is 9.13. The van der Waals surface area contributed by atoms with Crippen LogP contribution in [0.4, 0.5) is 0 Å². The summed E-state index contributed by atoms with van der Waals surface area (Å²) in [7, 11) is 2.06. The third kappa shape index (κ3) is 3.97. The van der Waals surface area contributed by atoms with E-state index in [4.69, 9.17) is 9.84 Å². The number of hydrogen-bond donors (Lipinski definition) is 0. The Morgan fingerprint density at radius 3 is 2.39 bits per heavy atom. The normalized spacial score (nSPS) is 32.2. The summed E-state index contributed by atoms with van der Waals surface area (Å²) >= 11 is 0. The number of likely N-dealkylation sites (tertiary alicyclic amines) is 1. The van der Waals surface area contributed by atoms with E-state index in [-0.39, 0.29) is 0 Å². The summed E-state index contributed by atoms with van der Waals surface area (Å²) in [4.78, 5) is 2.73. The Morgan fingerprint density at radius 1 is 1.00 bits per heavy atom. The molecular weight excluding hydrogens is 412 g/mol. The lowest BCUT2D eigenvalue weighted by atomic mass is 9.76. The van der Waals surface area contributed by atoms with E-state index in [9.17, 15) is 0 Å². The van der Waals surface area contributed by atoms with E-state index in [0.29, 0.717) is 23.3 Å². The van der Waals surface area contributed by atoms with Gasteiger partial charge in [0.15, 0.2) is 5.82 Å². The summed E-state index contributed by atoms with van der Waals surface area (Å²) in [6.07, 6.45) is 17.5. The lowest BCUT2D eigenvalue weighted by Crippen LogP contribution is -2.60. The minimum Gasteiger partial charge on any atom is -0.381 e. The van der Waals surface area contributed by atoms with Crippen LogP contribution in [0.5, 0.6) is 0 Å². The molecular formula is C26H38N6O. The van der Waals surface area contributed by atoms with Crippen LogP contribution in [-0.2, 0) is 11.8 Å². The number of hydrogen-bond acceptors (Lipinski definition) is 5. The Morgan fingerprint density at radius 2 is 1.73 bits per heavy atom. The van der Waals surface area contributed by atoms with Gasteiger partial charge >= 0.3 is 0 Å². The van der Waals surface area contributed by atoms with Gasteiger partial charge in [-0.05, 0) is 75.3 Å². The van der Waals surface area contributed by atoms with Crippen molar-refractivity contribution in [1.29, 1.82) is 0 Å². The second kappa shape index (κ2) is 8.66. The Balaban J connectivity index is 1.00. The SMILES string of the molecule is C=Cc1nnc(C2CCC(c3cnn(C4CCC(N5CC6(CCOC6)C5)CC4)c3)CC2)n1C. The van der Waals surface area contributed by atoms with E-state index in [1.807, 2.05) is 0 Å². The van der Waals surface area contributed by atoms with Gasteiger partial charge in [0.05, 0.1) is 18.8 Å². The van der Waals surface area contributed by atoms with E-state index < -0.39 is 0 Å². The van der Waals surface area contributed by atoms with Crippen LogP contribution in [0.1, 0.15) is 92.9 Å². The number of rotatable bonds is 5. The van der Waals surface area contributed by atoms with Crippen molar-refractivity contribution < 1.29 is 4.74 Å². The fraction of sp³-hybridized carbons (Fsp3) is 0.731. The molecule has 4 heterocycles. The maximum Gasteiger partial charge on any atom is 0.155 e. The zero-order valence-corrected chi connectivity index (χ0v) is 20.0. The van der Waals surface area contributed by atoms with Crippen LogP contribution in [0.15, 0.2) is 19.0 Å². The molecule has 4 aliphatic rings. The van der Waals surface area contributed by atoms with Crippen molar-refractivity contribution in [3.8, 4) is 0 Å². The highest BCUT2D eigenvalue weighted by molar-refractivity contribution is 5.36. The molecule has 1 spiro atoms. The molecule has 0 radical (unpaired) electrons. The van der Waals surface area contributed by atoms with Gasteiger partial charge in [0.2, 0.25) is 0 Å². The smallest absolute Gasteiger partial charge is 0.155 e. The van der Waals surface area contributed by atoms with Gasteiger partial charge < -0.3 is 9.30 Å². The lowest BCUT2D eigenvalue weighted by Gasteiger charge is -2.52. The minimum absolute atomic E-state index is 0.507. The van der Waals surface area contributed by atoms with Crippen LogP contribution < -0.4 is 0 Å². The van der Waals surface area contributed by atoms with Crippen LogP contribution in [0, 0.1) is 5.41 Å². The molecule has 178 valence electrons. The summed E-state index contributed by atoms with van der Waals surface area (Å²) in [5.41, 5.74) is 1.94. The van der Waals surface area contributed by atoms with Crippen molar-refractivity contribution in [1.82, 2.24) is 29.4 Å². The van der Waals surface area contributed by atoms with E-state index in [0.717, 1.165) is 30.9 Å². The van der Waals surface area contributed by atoms with Gasteiger partial charge in [0.25, 0.3) is 0 Å². The highest BCUT2D eigenvalue weighted by atomic mass is 16.5. The number of ether oxygens (including phenoxy) is 1. The second-order valence-corrected chi connectivity index (χ2v) is 11.2. The van der Waals surface area contributed by atoms with Gasteiger partial charge in [-0.25, -0.2) is 0 Å². The molecule has 2 aromatic rings. The van der Waals surface area contributed by atoms with E-state index in [1.165, 1.54) is 76.4 Å². The second-order valence-electron chi connectivity index (χ2n) is 11.2. The topological polar surface area (TPSA) is 61.0 Å². The predicted octanol–water partition coefficient (Wildman–Crippen LogP) is 4.30. The zero-order chi connectivity index (χ0) is 22.4. The van der Waals surface area contributed by atoms with Gasteiger partial charge in [0, 0.05) is 50.3 Å². The molecule has 2 aliphatic carbocycles. The van der Waals surface area contributed by atoms with Crippen LogP contribution in [0.3, 0.4) is 0 Å². The molecule has 0 N–H and O–H groups in total. The first-order chi connectivity index (χ1) is 16.1. The average Bonchev–Trinajstić information content (AvgIpc) is 3.58. The van der Waals surface area contributed by atoms with Gasteiger partial charge in [-0.1, -0.05) is 6.58 Å². The molecule has 2 saturated carbocycles. The quantitative estimate of drug-likeness (QED) is 0.680. The van der Waals surface area contributed by atoms with Crippen LogP contribution in [-0.4, -0.2) is 61.8 Å². The Labute approximate surface area is 197 Å². The van der Waals surface area contributed by atoms with Crippen LogP contribution >= 0.6 is 0 Å². The molecule has 2 aromatic heterocycles. The van der Waals surface area contributed by atoms with Crippen molar-refractivity contribution in [2.24, 2.45) is 12.5 Å². The molecule has 0 amide bonds. The molecule has 2 saturated heterocycles. The third-order valence-corrected chi connectivity index (χ3v) is 9.13. The van der Waals surface area contributed by atoms with Crippen molar-refractivity contribution in [2.75, 3.05) is 26.3 Å². The largest absolute Gasteiger partial charge is 0.381 e. The standard InChI is InChI=1S/C26H38N6O/c1-3-24-28-29-25(30(24)2)20-6-4-19(5-7-20)21-14-27-32(15-21)23-10-8-22(9-11-23)31-16-26(17-31)12-13-33-18-26/h3,14-15,19-20,22-23H,1,4-13,16-18H2,2H3. The van der Waals surface area contributed by atoms with Gasteiger partial charge in [-0.2, -0.15) is 5.10 Å². The first kappa shape index (κ1) is 21.5. The Bertz CT molecular complexity index is 965. The lowest BCUT2D eigenvalue weighted by molar-refractivity contribution is -0.0475. The van der Waals surface area contributed by atoms with Crippen molar-refractivity contribution >= 4 is 6.08 Å². The van der Waals surface area contributed by atoms with Crippen molar-refractivity contribution in [2.45, 2.75) is 81.7 Å². The van der Waals surface area contributed by atoms with Crippen molar-refractivity contribution in [3.05, 3.63) is 36.2 Å². The van der Waals surface area contributed by atoms with E-state index in [2.05, 4.69) is 50.4 Å². The fourth-order valence-electron chi connectivity index (χ4n) is 7.00. The highest BCUT2D eigenvalue weighted by Crippen LogP contribution is 2.43. The van der Waals surface area contributed by atoms with Crippen LogP contribution in [0.2, 0.25) is 0 Å². The molecule has 4 fully saturated rings. The maximum absolute atomic E-state index is 5.66. The van der Waals surface area contributed by atoms with E-state index >= 15 is 0 Å². The first-order valence-electron chi connectivity index (χ1n) is 13.0. The molecule has 0 aromatic carbocycles. The van der Waals surface area contributed by atoms with Gasteiger partial charge in [0.1, 0.15) is 5.82 Å². The van der Waals surface area contributed by atoms with Gasteiger partial charge in [-0.3, -0.25) is 9.58 Å². The molecule has 2 aliphatic heterocycles. The summed E-state index contributed by atoms with van der Waals surface area (Å²) in [5, 5.41) is 13.5. The number of nitrogens with zero attached hydrogens (tertiary/aromatic N) is 6. The zero-order valence-electron chi connectivity index (χ0n) is 20.0. The first-order valence-corrected chi connectivity index (χ1v) is 13.0. The molecule has 0 atom stereocenters. The molecule has 33 heavy (non-hydrogen) atoms. The monoisotopic (exact) mass is 450 g/mol. The summed E-state index contributed by atoms with van der Waals surface area (Å²) < 4.78 is 10.1. The van der Waals surface area contributed by atoms with Gasteiger partial charge in [-0.15, -0.1) is 10.2 Å².